The summed E-state index contributed by atoms with van der Waals surface area (Å²) in [5.41, 5.74) is -0.113. The van der Waals surface area contributed by atoms with Gasteiger partial charge >= 0.3 is 0 Å². The van der Waals surface area contributed by atoms with Gasteiger partial charge in [-0.1, -0.05) is 18.3 Å². The first-order valence-corrected chi connectivity index (χ1v) is 4.25. The van der Waals surface area contributed by atoms with E-state index in [4.69, 9.17) is 12.2 Å². The summed E-state index contributed by atoms with van der Waals surface area (Å²) in [5, 5.41) is 10.2. The van der Waals surface area contributed by atoms with Crippen LogP contribution in [-0.4, -0.2) is 27.2 Å². The third-order valence-electron chi connectivity index (χ3n) is 1.25. The first-order chi connectivity index (χ1) is 5.99. The zero-order valence-electron chi connectivity index (χ0n) is 6.97. The molecule has 0 unspecified atom stereocenters. The largest absolute Gasteiger partial charge is 0.343 e. The molecule has 0 rings (SSSR count). The van der Waals surface area contributed by atoms with Crippen molar-refractivity contribution in [1.82, 2.24) is 4.90 Å². The fourth-order valence-electron chi connectivity index (χ4n) is 0.644. The maximum absolute atomic E-state index is 10.2. The van der Waals surface area contributed by atoms with Gasteiger partial charge in [-0.05, 0) is 6.58 Å². The van der Waals surface area contributed by atoms with Crippen LogP contribution >= 0.6 is 24.8 Å². The number of hydrogen-bond donors (Lipinski definition) is 1. The number of nitro groups is 1. The van der Waals surface area contributed by atoms with Crippen molar-refractivity contribution in [3.05, 3.63) is 35.0 Å². The van der Waals surface area contributed by atoms with Gasteiger partial charge < -0.3 is 4.90 Å². The fourth-order valence-corrected chi connectivity index (χ4v) is 0.936. The monoisotopic (exact) mass is 218 g/mol. The molecule has 0 fully saturated rings. The fraction of sp³-hybridized carbons (Fsp3) is 0.286. The van der Waals surface area contributed by atoms with Gasteiger partial charge in [0.1, 0.15) is 10.9 Å². The summed E-state index contributed by atoms with van der Waals surface area (Å²) < 4.78 is 0.294. The Hall–Kier alpha value is -0.880. The molecule has 0 spiro atoms. The van der Waals surface area contributed by atoms with E-state index in [0.29, 0.717) is 10.9 Å². The van der Waals surface area contributed by atoms with Gasteiger partial charge in [0, 0.05) is 6.54 Å². The highest BCUT2D eigenvalue weighted by atomic mass is 32.1. The SMILES string of the molecule is C=CCN(CC(=C)[N+](=O)[O-])C(=S)S. The lowest BCUT2D eigenvalue weighted by Crippen LogP contribution is -2.29. The number of thiocarbonyl (C=S) groups is 1. The molecular formula is C7H10N2O2S2. The number of rotatable bonds is 5. The average molecular weight is 218 g/mol. The lowest BCUT2D eigenvalue weighted by molar-refractivity contribution is -0.426. The normalized spacial score (nSPS) is 9.00. The van der Waals surface area contributed by atoms with Crippen molar-refractivity contribution in [3.63, 3.8) is 0 Å². The predicted molar refractivity (Wildman–Crippen MR) is 59.5 cm³/mol. The molecule has 0 heterocycles. The van der Waals surface area contributed by atoms with Gasteiger partial charge in [-0.15, -0.1) is 19.2 Å². The Labute approximate surface area is 87.5 Å². The summed E-state index contributed by atoms with van der Waals surface area (Å²) in [5.74, 6) is 0. The molecule has 0 atom stereocenters. The van der Waals surface area contributed by atoms with Gasteiger partial charge in [-0.25, -0.2) is 0 Å². The van der Waals surface area contributed by atoms with Crippen molar-refractivity contribution in [2.45, 2.75) is 0 Å². The zero-order valence-corrected chi connectivity index (χ0v) is 8.68. The zero-order chi connectivity index (χ0) is 10.4. The molecule has 0 N–H and O–H groups in total. The molecule has 0 saturated heterocycles. The Balaban J connectivity index is 4.25. The van der Waals surface area contributed by atoms with Crippen molar-refractivity contribution in [2.24, 2.45) is 0 Å². The molecule has 0 aromatic heterocycles. The third-order valence-corrected chi connectivity index (χ3v) is 1.79. The molecule has 0 aliphatic rings. The molecule has 6 heteroatoms. The highest BCUT2D eigenvalue weighted by Gasteiger charge is 2.13. The van der Waals surface area contributed by atoms with Crippen LogP contribution in [0.25, 0.3) is 0 Å². The highest BCUT2D eigenvalue weighted by molar-refractivity contribution is 8.10. The van der Waals surface area contributed by atoms with Crippen LogP contribution in [-0.2, 0) is 0 Å². The molecule has 0 aromatic rings. The average Bonchev–Trinajstić information content (AvgIpc) is 2.03. The minimum absolute atomic E-state index is 0.0708. The van der Waals surface area contributed by atoms with E-state index in [-0.39, 0.29) is 12.2 Å². The Morgan fingerprint density at radius 3 is 2.62 bits per heavy atom. The van der Waals surface area contributed by atoms with Crippen LogP contribution in [0, 0.1) is 10.1 Å². The van der Waals surface area contributed by atoms with Crippen LogP contribution in [0.2, 0.25) is 0 Å². The minimum Gasteiger partial charge on any atom is -0.343 e. The second-order valence-corrected chi connectivity index (χ2v) is 3.39. The Morgan fingerprint density at radius 1 is 1.77 bits per heavy atom. The first kappa shape index (κ1) is 12.1. The predicted octanol–water partition coefficient (Wildman–Crippen LogP) is 1.48. The maximum atomic E-state index is 10.2. The smallest absolute Gasteiger partial charge is 0.258 e. The topological polar surface area (TPSA) is 46.4 Å². The third kappa shape index (κ3) is 4.64. The second-order valence-electron chi connectivity index (χ2n) is 2.28. The number of hydrogen-bond acceptors (Lipinski definition) is 3. The summed E-state index contributed by atoms with van der Waals surface area (Å²) in [4.78, 5) is 11.2. The lowest BCUT2D eigenvalue weighted by Gasteiger charge is -2.18. The van der Waals surface area contributed by atoms with E-state index in [1.54, 1.807) is 6.08 Å². The summed E-state index contributed by atoms with van der Waals surface area (Å²) in [6.07, 6.45) is 1.59. The van der Waals surface area contributed by atoms with Gasteiger partial charge in [0.2, 0.25) is 0 Å². The molecule has 13 heavy (non-hydrogen) atoms. The second kappa shape index (κ2) is 5.71. The van der Waals surface area contributed by atoms with E-state index in [9.17, 15) is 10.1 Å². The molecule has 0 amide bonds. The summed E-state index contributed by atoms with van der Waals surface area (Å²) in [6.45, 7) is 7.29. The summed E-state index contributed by atoms with van der Waals surface area (Å²) in [6, 6.07) is 0. The number of thiol groups is 1. The van der Waals surface area contributed by atoms with Crippen molar-refractivity contribution < 1.29 is 4.92 Å². The molecule has 0 bridgehead atoms. The highest BCUT2D eigenvalue weighted by Crippen LogP contribution is 2.02. The van der Waals surface area contributed by atoms with E-state index >= 15 is 0 Å². The lowest BCUT2D eigenvalue weighted by atomic mass is 10.4. The van der Waals surface area contributed by atoms with Crippen LogP contribution < -0.4 is 0 Å². The van der Waals surface area contributed by atoms with Crippen LogP contribution in [0.3, 0.4) is 0 Å². The van der Waals surface area contributed by atoms with Gasteiger partial charge in [0.15, 0.2) is 0 Å². The quantitative estimate of drug-likeness (QED) is 0.250. The van der Waals surface area contributed by atoms with Gasteiger partial charge in [-0.2, -0.15) is 0 Å². The van der Waals surface area contributed by atoms with Crippen molar-refractivity contribution >= 4 is 29.2 Å². The van der Waals surface area contributed by atoms with Crippen LogP contribution in [0.5, 0.6) is 0 Å². The van der Waals surface area contributed by atoms with E-state index in [1.165, 1.54) is 4.90 Å². The van der Waals surface area contributed by atoms with Gasteiger partial charge in [0.25, 0.3) is 5.70 Å². The van der Waals surface area contributed by atoms with E-state index < -0.39 is 4.92 Å². The molecule has 4 nitrogen and oxygen atoms in total. The maximum Gasteiger partial charge on any atom is 0.258 e. The molecule has 0 aromatic carbocycles. The Morgan fingerprint density at radius 2 is 2.31 bits per heavy atom. The molecule has 72 valence electrons. The molecule has 0 saturated carbocycles. The van der Waals surface area contributed by atoms with E-state index in [0.717, 1.165) is 0 Å². The van der Waals surface area contributed by atoms with E-state index in [1.807, 2.05) is 0 Å². The Kier molecular flexibility index (Phi) is 5.33. The molecule has 0 radical (unpaired) electrons. The minimum atomic E-state index is -0.540. The van der Waals surface area contributed by atoms with Gasteiger partial charge in [-0.3, -0.25) is 10.1 Å². The molecular weight excluding hydrogens is 208 g/mol. The van der Waals surface area contributed by atoms with Crippen LogP contribution in [0.4, 0.5) is 0 Å². The standard InChI is InChI=1S/C7H10N2O2S2/c1-3-4-8(7(12)13)5-6(2)9(10)11/h3H,1-2,4-5H2,(H,12,13). The van der Waals surface area contributed by atoms with Crippen molar-refractivity contribution in [3.8, 4) is 0 Å². The summed E-state index contributed by atoms with van der Waals surface area (Å²) >= 11 is 8.68. The number of nitrogens with zero attached hydrogens (tertiary/aromatic N) is 2. The molecule has 0 aliphatic carbocycles. The first-order valence-electron chi connectivity index (χ1n) is 3.40. The molecule has 0 aliphatic heterocycles. The van der Waals surface area contributed by atoms with Crippen molar-refractivity contribution in [1.29, 1.82) is 0 Å². The summed E-state index contributed by atoms with van der Waals surface area (Å²) in [7, 11) is 0. The van der Waals surface area contributed by atoms with E-state index in [2.05, 4.69) is 25.8 Å². The van der Waals surface area contributed by atoms with Gasteiger partial charge in [0.05, 0.1) is 4.92 Å². The van der Waals surface area contributed by atoms with Crippen molar-refractivity contribution in [2.75, 3.05) is 13.1 Å². The van der Waals surface area contributed by atoms with Crippen LogP contribution in [0.15, 0.2) is 24.9 Å². The van der Waals surface area contributed by atoms with Crippen LogP contribution in [0.1, 0.15) is 0 Å². The Bertz CT molecular complexity index is 253.